The summed E-state index contributed by atoms with van der Waals surface area (Å²) in [5.41, 5.74) is 5.99. The molecule has 1 rings (SSSR count). The summed E-state index contributed by atoms with van der Waals surface area (Å²) in [6.07, 6.45) is 0. The molecular formula is C11H15N3O4. The van der Waals surface area contributed by atoms with E-state index < -0.39 is 17.9 Å². The number of aromatic hydroxyl groups is 1. The van der Waals surface area contributed by atoms with Crippen LogP contribution in [-0.4, -0.2) is 34.6 Å². The minimum Gasteiger partial charge on any atom is -0.504 e. The van der Waals surface area contributed by atoms with Crippen molar-refractivity contribution in [3.8, 4) is 5.75 Å². The highest BCUT2D eigenvalue weighted by Crippen LogP contribution is 2.20. The molecule has 4 N–H and O–H groups in total. The van der Waals surface area contributed by atoms with Crippen molar-refractivity contribution in [1.82, 2.24) is 4.98 Å². The standard InChI is InChI=1S/C11H15N3O4/c1-3-18-11(17)8(12)10(16)14-9-7(15)5-4-6(2)13-9/h4-5,8,15H,3,12H2,1-2H3,(H,13,14,16). The first-order chi connectivity index (χ1) is 8.45. The van der Waals surface area contributed by atoms with E-state index in [2.05, 4.69) is 15.0 Å². The lowest BCUT2D eigenvalue weighted by atomic mass is 10.3. The van der Waals surface area contributed by atoms with Crippen molar-refractivity contribution in [3.63, 3.8) is 0 Å². The fraction of sp³-hybridized carbons (Fsp3) is 0.364. The number of aryl methyl sites for hydroxylation is 1. The van der Waals surface area contributed by atoms with Gasteiger partial charge >= 0.3 is 5.97 Å². The van der Waals surface area contributed by atoms with Crippen molar-refractivity contribution in [2.45, 2.75) is 19.9 Å². The number of ether oxygens (including phenoxy) is 1. The van der Waals surface area contributed by atoms with Gasteiger partial charge in [0.15, 0.2) is 17.6 Å². The zero-order chi connectivity index (χ0) is 13.7. The molecule has 0 saturated heterocycles. The molecule has 18 heavy (non-hydrogen) atoms. The fourth-order valence-corrected chi connectivity index (χ4v) is 1.17. The number of carbonyl (C=O) groups excluding carboxylic acids is 2. The summed E-state index contributed by atoms with van der Waals surface area (Å²) in [6, 6.07) is 1.51. The molecule has 0 radical (unpaired) electrons. The van der Waals surface area contributed by atoms with Crippen LogP contribution in [0.5, 0.6) is 5.75 Å². The number of hydrogen-bond donors (Lipinski definition) is 3. The van der Waals surface area contributed by atoms with Crippen molar-refractivity contribution in [3.05, 3.63) is 17.8 Å². The lowest BCUT2D eigenvalue weighted by Crippen LogP contribution is -2.43. The second-order valence-electron chi connectivity index (χ2n) is 3.54. The van der Waals surface area contributed by atoms with Crippen molar-refractivity contribution in [1.29, 1.82) is 0 Å². The Balaban J connectivity index is 2.75. The molecule has 0 fully saturated rings. The molecule has 0 aliphatic rings. The number of hydrogen-bond acceptors (Lipinski definition) is 6. The largest absolute Gasteiger partial charge is 0.504 e. The number of aromatic nitrogens is 1. The predicted octanol–water partition coefficient (Wildman–Crippen LogP) is -0.0755. The molecule has 1 aromatic rings. The van der Waals surface area contributed by atoms with Gasteiger partial charge < -0.3 is 20.9 Å². The Hall–Kier alpha value is -2.15. The molecule has 1 unspecified atom stereocenters. The van der Waals surface area contributed by atoms with Gasteiger partial charge in [0.25, 0.3) is 5.91 Å². The topological polar surface area (TPSA) is 115 Å². The Labute approximate surface area is 104 Å². The lowest BCUT2D eigenvalue weighted by molar-refractivity contribution is -0.146. The summed E-state index contributed by atoms with van der Waals surface area (Å²) in [6.45, 7) is 3.44. The van der Waals surface area contributed by atoms with E-state index in [4.69, 9.17) is 5.73 Å². The van der Waals surface area contributed by atoms with Crippen molar-refractivity contribution in [2.75, 3.05) is 11.9 Å². The van der Waals surface area contributed by atoms with E-state index in [1.807, 2.05) is 0 Å². The monoisotopic (exact) mass is 253 g/mol. The third-order valence-corrected chi connectivity index (χ3v) is 2.08. The lowest BCUT2D eigenvalue weighted by Gasteiger charge is -2.11. The number of rotatable bonds is 4. The van der Waals surface area contributed by atoms with E-state index in [1.165, 1.54) is 6.07 Å². The first kappa shape index (κ1) is 13.9. The second-order valence-corrected chi connectivity index (χ2v) is 3.54. The van der Waals surface area contributed by atoms with Crippen LogP contribution in [0.1, 0.15) is 12.6 Å². The van der Waals surface area contributed by atoms with Crippen LogP contribution in [0.4, 0.5) is 5.82 Å². The van der Waals surface area contributed by atoms with Gasteiger partial charge in [-0.1, -0.05) is 0 Å². The third-order valence-electron chi connectivity index (χ3n) is 2.08. The molecule has 1 atom stereocenters. The number of amides is 1. The van der Waals surface area contributed by atoms with Gasteiger partial charge in [-0.05, 0) is 26.0 Å². The van der Waals surface area contributed by atoms with Crippen LogP contribution in [0.2, 0.25) is 0 Å². The number of anilines is 1. The van der Waals surface area contributed by atoms with Crippen LogP contribution in [0.3, 0.4) is 0 Å². The maximum atomic E-state index is 11.6. The number of carbonyl (C=O) groups is 2. The van der Waals surface area contributed by atoms with Crippen LogP contribution in [0, 0.1) is 6.92 Å². The molecule has 98 valence electrons. The van der Waals surface area contributed by atoms with Crippen LogP contribution in [0.25, 0.3) is 0 Å². The van der Waals surface area contributed by atoms with Gasteiger partial charge in [0.2, 0.25) is 0 Å². The quantitative estimate of drug-likeness (QED) is 0.511. The molecule has 1 aromatic heterocycles. The van der Waals surface area contributed by atoms with Crippen LogP contribution >= 0.6 is 0 Å². The molecule has 0 aromatic carbocycles. The molecular weight excluding hydrogens is 238 g/mol. The SMILES string of the molecule is CCOC(=O)C(N)C(=O)Nc1nc(C)ccc1O. The number of nitrogens with zero attached hydrogens (tertiary/aromatic N) is 1. The molecule has 7 nitrogen and oxygen atoms in total. The Kier molecular flexibility index (Phi) is 4.61. The zero-order valence-corrected chi connectivity index (χ0v) is 10.1. The average molecular weight is 253 g/mol. The van der Waals surface area contributed by atoms with E-state index in [9.17, 15) is 14.7 Å². The maximum absolute atomic E-state index is 11.6. The summed E-state index contributed by atoms with van der Waals surface area (Å²) in [5, 5.41) is 11.7. The second kappa shape index (κ2) is 5.97. The van der Waals surface area contributed by atoms with Crippen LogP contribution < -0.4 is 11.1 Å². The van der Waals surface area contributed by atoms with Gasteiger partial charge in [0.1, 0.15) is 0 Å². The van der Waals surface area contributed by atoms with Gasteiger partial charge in [0.05, 0.1) is 6.61 Å². The number of pyridine rings is 1. The van der Waals surface area contributed by atoms with E-state index in [0.29, 0.717) is 5.69 Å². The summed E-state index contributed by atoms with van der Waals surface area (Å²) in [5.74, 6) is -1.87. The minimum atomic E-state index is -1.45. The van der Waals surface area contributed by atoms with E-state index >= 15 is 0 Å². The number of nitrogens with two attached hydrogens (primary N) is 1. The average Bonchev–Trinajstić information content (AvgIpc) is 2.33. The molecule has 0 aliphatic heterocycles. The van der Waals surface area contributed by atoms with E-state index in [0.717, 1.165) is 0 Å². The number of nitrogens with one attached hydrogen (secondary N) is 1. The summed E-state index contributed by atoms with van der Waals surface area (Å²) >= 11 is 0. The molecule has 1 heterocycles. The Morgan fingerprint density at radius 3 is 2.83 bits per heavy atom. The van der Waals surface area contributed by atoms with Crippen LogP contribution in [0.15, 0.2) is 12.1 Å². The first-order valence-electron chi connectivity index (χ1n) is 5.35. The van der Waals surface area contributed by atoms with E-state index in [1.54, 1.807) is 19.9 Å². The smallest absolute Gasteiger partial charge is 0.332 e. The zero-order valence-electron chi connectivity index (χ0n) is 10.1. The summed E-state index contributed by atoms with van der Waals surface area (Å²) in [4.78, 5) is 26.8. The fourth-order valence-electron chi connectivity index (χ4n) is 1.17. The number of esters is 1. The Morgan fingerprint density at radius 2 is 2.22 bits per heavy atom. The molecule has 0 bridgehead atoms. The van der Waals surface area contributed by atoms with Gasteiger partial charge in [-0.25, -0.2) is 9.78 Å². The summed E-state index contributed by atoms with van der Waals surface area (Å²) < 4.78 is 4.61. The maximum Gasteiger partial charge on any atom is 0.332 e. The van der Waals surface area contributed by atoms with Gasteiger partial charge in [0, 0.05) is 5.69 Å². The first-order valence-corrected chi connectivity index (χ1v) is 5.35. The van der Waals surface area contributed by atoms with E-state index in [-0.39, 0.29) is 18.2 Å². The normalized spacial score (nSPS) is 11.7. The highest BCUT2D eigenvalue weighted by molar-refractivity contribution is 6.08. The summed E-state index contributed by atoms with van der Waals surface area (Å²) in [7, 11) is 0. The van der Waals surface area contributed by atoms with Gasteiger partial charge in [-0.3, -0.25) is 4.79 Å². The minimum absolute atomic E-state index is 0.0419. The molecule has 0 saturated carbocycles. The Bertz CT molecular complexity index is 462. The van der Waals surface area contributed by atoms with Crippen molar-refractivity contribution in [2.24, 2.45) is 5.73 Å². The van der Waals surface area contributed by atoms with Gasteiger partial charge in [-0.15, -0.1) is 0 Å². The van der Waals surface area contributed by atoms with Crippen molar-refractivity contribution >= 4 is 17.7 Å². The molecule has 1 amide bonds. The molecule has 0 aliphatic carbocycles. The highest BCUT2D eigenvalue weighted by Gasteiger charge is 2.24. The van der Waals surface area contributed by atoms with Gasteiger partial charge in [-0.2, -0.15) is 0 Å². The molecule has 0 spiro atoms. The van der Waals surface area contributed by atoms with Crippen molar-refractivity contribution < 1.29 is 19.4 Å². The molecule has 7 heteroatoms. The predicted molar refractivity (Wildman–Crippen MR) is 63.9 cm³/mol. The van der Waals surface area contributed by atoms with Crippen LogP contribution in [-0.2, 0) is 14.3 Å². The highest BCUT2D eigenvalue weighted by atomic mass is 16.5. The Morgan fingerprint density at radius 1 is 1.56 bits per heavy atom. The third kappa shape index (κ3) is 3.42.